The Morgan fingerprint density at radius 1 is 1.33 bits per heavy atom. The van der Waals surface area contributed by atoms with Crippen molar-refractivity contribution in [3.8, 4) is 5.75 Å². The van der Waals surface area contributed by atoms with Crippen molar-refractivity contribution in [3.05, 3.63) is 29.6 Å². The van der Waals surface area contributed by atoms with E-state index in [4.69, 9.17) is 0 Å². The molecular formula is C18H26FNO. The lowest BCUT2D eigenvalue weighted by Gasteiger charge is -2.44. The smallest absolute Gasteiger partial charge is 0.126 e. The van der Waals surface area contributed by atoms with Gasteiger partial charge in [0.25, 0.3) is 0 Å². The van der Waals surface area contributed by atoms with Crippen molar-refractivity contribution in [2.45, 2.75) is 59.0 Å². The van der Waals surface area contributed by atoms with Crippen molar-refractivity contribution < 1.29 is 9.50 Å². The van der Waals surface area contributed by atoms with Crippen molar-refractivity contribution in [1.29, 1.82) is 0 Å². The van der Waals surface area contributed by atoms with Crippen molar-refractivity contribution in [2.24, 2.45) is 16.7 Å². The number of phenolic OH excluding ortho intramolecular Hbond substituents is 1. The number of fused-ring (bicyclic) bond motifs is 2. The molecule has 0 heterocycles. The Kier molecular flexibility index (Phi) is 3.32. The lowest BCUT2D eigenvalue weighted by molar-refractivity contribution is 0.0999. The van der Waals surface area contributed by atoms with Crippen LogP contribution in [0.2, 0.25) is 0 Å². The zero-order valence-corrected chi connectivity index (χ0v) is 13.4. The Hall–Kier alpha value is -1.09. The van der Waals surface area contributed by atoms with Gasteiger partial charge in [-0.2, -0.15) is 0 Å². The standard InChI is InChI=1S/C18H26FNO/c1-11(14-6-5-13(19)9-15(14)21)20-16-17(2,3)12-7-8-18(16,4)10-12/h5-6,9,11-12,16,20-21H,7-8,10H2,1-4H3. The van der Waals surface area contributed by atoms with E-state index in [0.29, 0.717) is 11.5 Å². The molecule has 0 aliphatic heterocycles. The van der Waals surface area contributed by atoms with E-state index >= 15 is 0 Å². The van der Waals surface area contributed by atoms with Gasteiger partial charge in [0, 0.05) is 23.7 Å². The Balaban J connectivity index is 1.83. The summed E-state index contributed by atoms with van der Waals surface area (Å²) < 4.78 is 13.1. The van der Waals surface area contributed by atoms with Crippen LogP contribution >= 0.6 is 0 Å². The molecule has 4 atom stereocenters. The minimum atomic E-state index is -0.393. The van der Waals surface area contributed by atoms with E-state index in [9.17, 15) is 9.50 Å². The molecule has 2 bridgehead atoms. The second-order valence-corrected chi connectivity index (χ2v) is 7.94. The zero-order chi connectivity index (χ0) is 15.4. The van der Waals surface area contributed by atoms with Gasteiger partial charge in [0.05, 0.1) is 0 Å². The van der Waals surface area contributed by atoms with Crippen LogP contribution in [0.15, 0.2) is 18.2 Å². The maximum absolute atomic E-state index is 13.1. The van der Waals surface area contributed by atoms with Gasteiger partial charge >= 0.3 is 0 Å². The fraction of sp³-hybridized carbons (Fsp3) is 0.667. The summed E-state index contributed by atoms with van der Waals surface area (Å²) in [6, 6.07) is 4.75. The van der Waals surface area contributed by atoms with Crippen molar-refractivity contribution in [2.75, 3.05) is 0 Å². The lowest BCUT2D eigenvalue weighted by Crippen LogP contribution is -2.50. The summed E-state index contributed by atoms with van der Waals surface area (Å²) in [6.07, 6.45) is 3.90. The highest BCUT2D eigenvalue weighted by atomic mass is 19.1. The molecule has 3 heteroatoms. The number of hydrogen-bond donors (Lipinski definition) is 2. The summed E-state index contributed by atoms with van der Waals surface area (Å²) in [5.41, 5.74) is 1.40. The highest BCUT2D eigenvalue weighted by Crippen LogP contribution is 2.62. The maximum Gasteiger partial charge on any atom is 0.126 e. The first-order chi connectivity index (χ1) is 9.74. The Bertz CT molecular complexity index is 551. The van der Waals surface area contributed by atoms with E-state index in [1.54, 1.807) is 6.07 Å². The van der Waals surface area contributed by atoms with E-state index in [2.05, 4.69) is 33.0 Å². The summed E-state index contributed by atoms with van der Waals surface area (Å²) in [4.78, 5) is 0. The number of benzene rings is 1. The first-order valence-corrected chi connectivity index (χ1v) is 7.98. The van der Waals surface area contributed by atoms with Gasteiger partial charge in [-0.05, 0) is 49.0 Å². The predicted molar refractivity (Wildman–Crippen MR) is 82.6 cm³/mol. The summed E-state index contributed by atoms with van der Waals surface area (Å²) in [7, 11) is 0. The molecule has 116 valence electrons. The van der Waals surface area contributed by atoms with Gasteiger partial charge in [-0.1, -0.05) is 26.8 Å². The van der Waals surface area contributed by atoms with Crippen LogP contribution in [-0.2, 0) is 0 Å². The number of aromatic hydroxyl groups is 1. The van der Waals surface area contributed by atoms with Gasteiger partial charge in [-0.3, -0.25) is 0 Å². The van der Waals surface area contributed by atoms with E-state index in [1.165, 1.54) is 31.4 Å². The molecular weight excluding hydrogens is 265 g/mol. The molecule has 2 saturated carbocycles. The fourth-order valence-corrected chi connectivity index (χ4v) is 4.94. The number of halogens is 1. The van der Waals surface area contributed by atoms with Crippen LogP contribution in [0.25, 0.3) is 0 Å². The van der Waals surface area contributed by atoms with E-state index in [-0.39, 0.29) is 17.2 Å². The van der Waals surface area contributed by atoms with Crippen LogP contribution in [0.5, 0.6) is 5.75 Å². The summed E-state index contributed by atoms with van der Waals surface area (Å²) in [5, 5.41) is 13.7. The van der Waals surface area contributed by atoms with Gasteiger partial charge in [0.1, 0.15) is 11.6 Å². The molecule has 4 unspecified atom stereocenters. The second kappa shape index (κ2) is 4.70. The lowest BCUT2D eigenvalue weighted by atomic mass is 9.68. The van der Waals surface area contributed by atoms with Crippen LogP contribution < -0.4 is 5.32 Å². The van der Waals surface area contributed by atoms with Crippen LogP contribution in [0.1, 0.15) is 58.6 Å². The van der Waals surface area contributed by atoms with Gasteiger partial charge in [0.15, 0.2) is 0 Å². The van der Waals surface area contributed by atoms with Crippen LogP contribution in [0.3, 0.4) is 0 Å². The molecule has 2 fully saturated rings. The normalized spacial score (nSPS) is 35.1. The van der Waals surface area contributed by atoms with Gasteiger partial charge in [-0.15, -0.1) is 0 Å². The van der Waals surface area contributed by atoms with Gasteiger partial charge in [-0.25, -0.2) is 4.39 Å². The van der Waals surface area contributed by atoms with Crippen molar-refractivity contribution >= 4 is 0 Å². The molecule has 0 radical (unpaired) electrons. The summed E-state index contributed by atoms with van der Waals surface area (Å²) in [5.74, 6) is 0.436. The van der Waals surface area contributed by atoms with E-state index in [0.717, 1.165) is 11.5 Å². The molecule has 3 rings (SSSR count). The number of rotatable bonds is 3. The van der Waals surface area contributed by atoms with E-state index < -0.39 is 5.82 Å². The summed E-state index contributed by atoms with van der Waals surface area (Å²) in [6.45, 7) is 9.16. The topological polar surface area (TPSA) is 32.3 Å². The van der Waals surface area contributed by atoms with Gasteiger partial charge < -0.3 is 10.4 Å². The first kappa shape index (κ1) is 14.8. The number of phenols is 1. The average Bonchev–Trinajstić information content (AvgIpc) is 2.85. The second-order valence-electron chi connectivity index (χ2n) is 7.94. The first-order valence-electron chi connectivity index (χ1n) is 7.98. The number of hydrogen-bond acceptors (Lipinski definition) is 2. The van der Waals surface area contributed by atoms with Crippen molar-refractivity contribution in [3.63, 3.8) is 0 Å². The monoisotopic (exact) mass is 291 g/mol. The highest BCUT2D eigenvalue weighted by molar-refractivity contribution is 5.35. The largest absolute Gasteiger partial charge is 0.508 e. The molecule has 2 aliphatic rings. The molecule has 0 saturated heterocycles. The van der Waals surface area contributed by atoms with Crippen LogP contribution in [-0.4, -0.2) is 11.1 Å². The molecule has 2 aliphatic carbocycles. The Labute approximate surface area is 126 Å². The minimum absolute atomic E-state index is 0.0195. The van der Waals surface area contributed by atoms with Crippen LogP contribution in [0.4, 0.5) is 4.39 Å². The highest BCUT2D eigenvalue weighted by Gasteiger charge is 2.59. The quantitative estimate of drug-likeness (QED) is 0.865. The van der Waals surface area contributed by atoms with Crippen molar-refractivity contribution in [1.82, 2.24) is 5.32 Å². The molecule has 1 aromatic carbocycles. The Morgan fingerprint density at radius 2 is 2.05 bits per heavy atom. The molecule has 2 N–H and O–H groups in total. The summed E-state index contributed by atoms with van der Waals surface area (Å²) >= 11 is 0. The third kappa shape index (κ3) is 2.26. The Morgan fingerprint density at radius 3 is 2.62 bits per heavy atom. The van der Waals surface area contributed by atoms with Crippen LogP contribution in [0, 0.1) is 22.6 Å². The minimum Gasteiger partial charge on any atom is -0.508 e. The van der Waals surface area contributed by atoms with Gasteiger partial charge in [0.2, 0.25) is 0 Å². The third-order valence-corrected chi connectivity index (χ3v) is 6.15. The maximum atomic E-state index is 13.1. The fourth-order valence-electron chi connectivity index (χ4n) is 4.94. The van der Waals surface area contributed by atoms with E-state index in [1.807, 2.05) is 0 Å². The molecule has 2 nitrogen and oxygen atoms in total. The average molecular weight is 291 g/mol. The third-order valence-electron chi connectivity index (χ3n) is 6.15. The predicted octanol–water partition coefficient (Wildman–Crippen LogP) is 4.40. The molecule has 21 heavy (non-hydrogen) atoms. The molecule has 0 amide bonds. The molecule has 0 spiro atoms. The SMILES string of the molecule is CC(NC1C2(C)CCC(C2)C1(C)C)c1ccc(F)cc1O. The number of nitrogens with one attached hydrogen (secondary N) is 1. The zero-order valence-electron chi connectivity index (χ0n) is 13.4. The molecule has 0 aromatic heterocycles. The molecule has 1 aromatic rings.